The van der Waals surface area contributed by atoms with E-state index in [9.17, 15) is 14.4 Å². The summed E-state index contributed by atoms with van der Waals surface area (Å²) in [7, 11) is 1.57. The molecule has 3 amide bonds. The van der Waals surface area contributed by atoms with E-state index >= 15 is 0 Å². The molecule has 0 aromatic heterocycles. The molecule has 8 heteroatoms. The number of hydrogen-bond donors (Lipinski definition) is 2. The molecule has 2 rings (SSSR count). The third kappa shape index (κ3) is 8.02. The molecule has 0 saturated heterocycles. The predicted molar refractivity (Wildman–Crippen MR) is 136 cm³/mol. The van der Waals surface area contributed by atoms with Crippen LogP contribution in [0.25, 0.3) is 0 Å². The summed E-state index contributed by atoms with van der Waals surface area (Å²) in [5.41, 5.74) is 2.53. The van der Waals surface area contributed by atoms with Crippen molar-refractivity contribution in [1.29, 1.82) is 0 Å². The highest BCUT2D eigenvalue weighted by molar-refractivity contribution is 5.98. The van der Waals surface area contributed by atoms with Crippen LogP contribution in [0.15, 0.2) is 42.5 Å². The Hall–Kier alpha value is -3.55. The van der Waals surface area contributed by atoms with Crippen LogP contribution in [0.5, 0.6) is 5.75 Å². The minimum atomic E-state index is -0.911. The lowest BCUT2D eigenvalue weighted by Crippen LogP contribution is -2.49. The van der Waals surface area contributed by atoms with Crippen LogP contribution >= 0.6 is 0 Å². The van der Waals surface area contributed by atoms with Gasteiger partial charge in [-0.25, -0.2) is 4.79 Å². The number of aryl methyl sites for hydroxylation is 2. The molecule has 0 bridgehead atoms. The number of benzene rings is 2. The van der Waals surface area contributed by atoms with Gasteiger partial charge in [-0.1, -0.05) is 23.8 Å². The van der Waals surface area contributed by atoms with E-state index in [0.29, 0.717) is 17.0 Å². The number of methoxy groups -OCH3 is 1. The fraction of sp³-hybridized carbons (Fsp3) is 0.444. The van der Waals surface area contributed by atoms with Gasteiger partial charge in [0.05, 0.1) is 7.11 Å². The van der Waals surface area contributed by atoms with Gasteiger partial charge in [0.2, 0.25) is 5.91 Å². The summed E-state index contributed by atoms with van der Waals surface area (Å²) in [5, 5.41) is 5.43. The van der Waals surface area contributed by atoms with Gasteiger partial charge in [-0.05, 0) is 83.9 Å². The standard InChI is InChI=1S/C27H37N3O5/c1-17(2)30(23(31)16-28-26(33)35-27(5,6)7)24(22-14-9-18(3)15-19(22)4)25(32)29-20-10-12-21(34-8)13-11-20/h9-15,17,24H,16H2,1-8H3,(H,28,33)(H,29,32). The lowest BCUT2D eigenvalue weighted by atomic mass is 9.96. The Morgan fingerprint density at radius 1 is 1.00 bits per heavy atom. The summed E-state index contributed by atoms with van der Waals surface area (Å²) in [6, 6.07) is 11.5. The molecule has 0 fully saturated rings. The van der Waals surface area contributed by atoms with Gasteiger partial charge in [0.15, 0.2) is 0 Å². The summed E-state index contributed by atoms with van der Waals surface area (Å²) >= 11 is 0. The van der Waals surface area contributed by atoms with Gasteiger partial charge in [-0.3, -0.25) is 9.59 Å². The van der Waals surface area contributed by atoms with Crippen LogP contribution in [-0.2, 0) is 14.3 Å². The number of rotatable bonds is 8. The zero-order chi connectivity index (χ0) is 26.3. The molecular weight excluding hydrogens is 446 g/mol. The molecular formula is C27H37N3O5. The van der Waals surface area contributed by atoms with Crippen LogP contribution < -0.4 is 15.4 Å². The Labute approximate surface area is 208 Å². The van der Waals surface area contributed by atoms with E-state index in [2.05, 4.69) is 10.6 Å². The molecule has 2 aromatic rings. The second-order valence-electron chi connectivity index (χ2n) is 9.73. The molecule has 0 radical (unpaired) electrons. The van der Waals surface area contributed by atoms with Crippen LogP contribution in [0.1, 0.15) is 57.4 Å². The van der Waals surface area contributed by atoms with Crippen LogP contribution in [0, 0.1) is 13.8 Å². The summed E-state index contributed by atoms with van der Waals surface area (Å²) in [5.74, 6) is -0.0942. The van der Waals surface area contributed by atoms with Gasteiger partial charge in [-0.15, -0.1) is 0 Å². The molecule has 2 N–H and O–H groups in total. The Morgan fingerprint density at radius 2 is 1.63 bits per heavy atom. The maximum Gasteiger partial charge on any atom is 0.408 e. The molecule has 1 unspecified atom stereocenters. The van der Waals surface area contributed by atoms with E-state index in [1.807, 2.05) is 45.9 Å². The normalized spacial score (nSPS) is 12.0. The number of nitrogens with zero attached hydrogens (tertiary/aromatic N) is 1. The first-order chi connectivity index (χ1) is 16.3. The van der Waals surface area contributed by atoms with Crippen LogP contribution in [-0.4, -0.2) is 48.1 Å². The van der Waals surface area contributed by atoms with Gasteiger partial charge in [0, 0.05) is 11.7 Å². The number of amides is 3. The summed E-state index contributed by atoms with van der Waals surface area (Å²) in [4.78, 5) is 40.6. The molecule has 190 valence electrons. The minimum absolute atomic E-state index is 0.301. The molecule has 35 heavy (non-hydrogen) atoms. The molecule has 0 aliphatic carbocycles. The zero-order valence-electron chi connectivity index (χ0n) is 21.9. The highest BCUT2D eigenvalue weighted by atomic mass is 16.6. The van der Waals surface area contributed by atoms with Crippen LogP contribution in [0.3, 0.4) is 0 Å². The largest absolute Gasteiger partial charge is 0.497 e. The van der Waals surface area contributed by atoms with Crippen LogP contribution in [0.2, 0.25) is 0 Å². The van der Waals surface area contributed by atoms with E-state index in [0.717, 1.165) is 11.1 Å². The number of hydrogen-bond acceptors (Lipinski definition) is 5. The van der Waals surface area contributed by atoms with E-state index in [1.54, 1.807) is 52.1 Å². The fourth-order valence-electron chi connectivity index (χ4n) is 3.72. The zero-order valence-corrected chi connectivity index (χ0v) is 21.9. The number of carbonyl (C=O) groups excluding carboxylic acids is 3. The number of carbonyl (C=O) groups is 3. The lowest BCUT2D eigenvalue weighted by Gasteiger charge is -2.35. The van der Waals surface area contributed by atoms with Crippen molar-refractivity contribution < 1.29 is 23.9 Å². The van der Waals surface area contributed by atoms with Gasteiger partial charge < -0.3 is 25.0 Å². The maximum atomic E-state index is 13.6. The molecule has 0 heterocycles. The molecule has 2 aromatic carbocycles. The van der Waals surface area contributed by atoms with Gasteiger partial charge >= 0.3 is 6.09 Å². The number of nitrogens with one attached hydrogen (secondary N) is 2. The van der Waals surface area contributed by atoms with Crippen molar-refractivity contribution >= 4 is 23.6 Å². The first kappa shape index (κ1) is 27.7. The Balaban J connectivity index is 2.38. The predicted octanol–water partition coefficient (Wildman–Crippen LogP) is 4.75. The highest BCUT2D eigenvalue weighted by Gasteiger charge is 2.34. The summed E-state index contributed by atoms with van der Waals surface area (Å²) in [6.07, 6.45) is -0.694. The second-order valence-corrected chi connectivity index (χ2v) is 9.73. The minimum Gasteiger partial charge on any atom is -0.497 e. The third-order valence-corrected chi connectivity index (χ3v) is 5.23. The first-order valence-corrected chi connectivity index (χ1v) is 11.6. The van der Waals surface area contributed by atoms with Crippen LogP contribution in [0.4, 0.5) is 10.5 Å². The molecule has 8 nitrogen and oxygen atoms in total. The van der Waals surface area contributed by atoms with Crippen molar-refractivity contribution in [2.24, 2.45) is 0 Å². The molecule has 0 spiro atoms. The third-order valence-electron chi connectivity index (χ3n) is 5.23. The smallest absolute Gasteiger partial charge is 0.408 e. The second kappa shape index (κ2) is 11.7. The van der Waals surface area contributed by atoms with Crippen molar-refractivity contribution in [1.82, 2.24) is 10.2 Å². The van der Waals surface area contributed by atoms with Gasteiger partial charge in [0.1, 0.15) is 23.9 Å². The Kier molecular flexibility index (Phi) is 9.28. The highest BCUT2D eigenvalue weighted by Crippen LogP contribution is 2.29. The molecule has 1 atom stereocenters. The monoisotopic (exact) mass is 483 g/mol. The quantitative estimate of drug-likeness (QED) is 0.565. The SMILES string of the molecule is COc1ccc(NC(=O)C(c2ccc(C)cc2C)N(C(=O)CNC(=O)OC(C)(C)C)C(C)C)cc1. The number of anilines is 1. The van der Waals surface area contributed by atoms with Gasteiger partial charge in [0.25, 0.3) is 5.91 Å². The fourth-order valence-corrected chi connectivity index (χ4v) is 3.72. The molecule has 0 aliphatic heterocycles. The average molecular weight is 484 g/mol. The van der Waals surface area contributed by atoms with Gasteiger partial charge in [-0.2, -0.15) is 0 Å². The van der Waals surface area contributed by atoms with E-state index < -0.39 is 23.6 Å². The molecule has 0 saturated carbocycles. The van der Waals surface area contributed by atoms with E-state index in [-0.39, 0.29) is 18.5 Å². The van der Waals surface area contributed by atoms with E-state index in [4.69, 9.17) is 9.47 Å². The first-order valence-electron chi connectivity index (χ1n) is 11.6. The van der Waals surface area contributed by atoms with Crippen molar-refractivity contribution in [3.05, 3.63) is 59.2 Å². The number of ether oxygens (including phenoxy) is 2. The Morgan fingerprint density at radius 3 is 2.14 bits per heavy atom. The lowest BCUT2D eigenvalue weighted by molar-refractivity contribution is -0.140. The Bertz CT molecular complexity index is 1040. The van der Waals surface area contributed by atoms with E-state index in [1.165, 1.54) is 4.90 Å². The van der Waals surface area contributed by atoms with Crippen molar-refractivity contribution in [2.45, 2.75) is 66.2 Å². The average Bonchev–Trinajstić information content (AvgIpc) is 2.75. The van der Waals surface area contributed by atoms with Crippen molar-refractivity contribution in [2.75, 3.05) is 19.0 Å². The summed E-state index contributed by atoms with van der Waals surface area (Å²) in [6.45, 7) is 12.5. The number of alkyl carbamates (subject to hydrolysis) is 1. The topological polar surface area (TPSA) is 97.0 Å². The molecule has 0 aliphatic rings. The summed E-state index contributed by atoms with van der Waals surface area (Å²) < 4.78 is 10.4. The van der Waals surface area contributed by atoms with Crippen molar-refractivity contribution in [3.8, 4) is 5.75 Å². The maximum absolute atomic E-state index is 13.6. The van der Waals surface area contributed by atoms with Crippen molar-refractivity contribution in [3.63, 3.8) is 0 Å².